The van der Waals surface area contributed by atoms with Crippen LogP contribution in [0.2, 0.25) is 0 Å². The number of furan rings is 1. The average molecular weight is 411 g/mol. The van der Waals surface area contributed by atoms with Crippen molar-refractivity contribution in [1.82, 2.24) is 0 Å². The zero-order valence-corrected chi connectivity index (χ0v) is 16.1. The highest BCUT2D eigenvalue weighted by atomic mass is 16.6. The number of amides is 1. The van der Waals surface area contributed by atoms with Gasteiger partial charge in [-0.15, -0.1) is 0 Å². The van der Waals surface area contributed by atoms with Crippen molar-refractivity contribution in [1.29, 1.82) is 0 Å². The fourth-order valence-corrected chi connectivity index (χ4v) is 2.70. The molecule has 0 aliphatic heterocycles. The Labute approximate surface area is 170 Å². The summed E-state index contributed by atoms with van der Waals surface area (Å²) in [4.78, 5) is 33.3. The monoisotopic (exact) mass is 411 g/mol. The van der Waals surface area contributed by atoms with Crippen molar-refractivity contribution in [2.75, 3.05) is 5.32 Å². The summed E-state index contributed by atoms with van der Waals surface area (Å²) in [6, 6.07) is 11.6. The molecule has 1 N–H and O–H groups in total. The highest BCUT2D eigenvalue weighted by molar-refractivity contribution is 6.02. The molecule has 10 nitrogen and oxygen atoms in total. The number of hydrogen-bond acceptors (Lipinski definition) is 7. The Morgan fingerprint density at radius 3 is 2.47 bits per heavy atom. The summed E-state index contributed by atoms with van der Waals surface area (Å²) in [7, 11) is 0. The molecular formula is C20H17N3O7. The van der Waals surface area contributed by atoms with Gasteiger partial charge in [0.25, 0.3) is 11.6 Å². The van der Waals surface area contributed by atoms with Gasteiger partial charge in [0.05, 0.1) is 9.85 Å². The Morgan fingerprint density at radius 1 is 1.03 bits per heavy atom. The summed E-state index contributed by atoms with van der Waals surface area (Å²) in [5.74, 6) is -0.144. The Balaban J connectivity index is 1.67. The molecule has 1 aromatic heterocycles. The van der Waals surface area contributed by atoms with Gasteiger partial charge in [-0.05, 0) is 49.2 Å². The molecule has 0 bridgehead atoms. The topological polar surface area (TPSA) is 138 Å². The van der Waals surface area contributed by atoms with Crippen LogP contribution in [0.15, 0.2) is 52.9 Å². The van der Waals surface area contributed by atoms with E-state index in [1.807, 2.05) is 0 Å². The minimum Gasteiger partial charge on any atom is -0.479 e. The number of ether oxygens (including phenoxy) is 1. The van der Waals surface area contributed by atoms with Crippen LogP contribution in [0.4, 0.5) is 17.1 Å². The Hall–Kier alpha value is -4.21. The number of anilines is 1. The van der Waals surface area contributed by atoms with E-state index in [4.69, 9.17) is 9.15 Å². The van der Waals surface area contributed by atoms with E-state index in [0.717, 1.165) is 5.56 Å². The molecule has 1 heterocycles. The molecular weight excluding hydrogens is 394 g/mol. The Morgan fingerprint density at radius 2 is 1.80 bits per heavy atom. The van der Waals surface area contributed by atoms with Gasteiger partial charge in [-0.25, -0.2) is 0 Å². The van der Waals surface area contributed by atoms with Gasteiger partial charge in [-0.1, -0.05) is 6.07 Å². The van der Waals surface area contributed by atoms with Crippen LogP contribution in [0.1, 0.15) is 27.4 Å². The number of carbonyl (C=O) groups excluding carboxylic acids is 1. The number of rotatable bonds is 7. The van der Waals surface area contributed by atoms with Crippen molar-refractivity contribution in [2.24, 2.45) is 0 Å². The summed E-state index contributed by atoms with van der Waals surface area (Å²) in [5.41, 5.74) is 1.43. The zero-order chi connectivity index (χ0) is 21.8. The second kappa shape index (κ2) is 8.43. The molecule has 154 valence electrons. The molecule has 10 heteroatoms. The van der Waals surface area contributed by atoms with Crippen LogP contribution in [0.5, 0.6) is 5.75 Å². The molecule has 0 unspecified atom stereocenters. The number of nitrogens with zero attached hydrogens (tertiary/aromatic N) is 2. The van der Waals surface area contributed by atoms with E-state index >= 15 is 0 Å². The standard InChI is InChI=1S/C20H17N3O7/c1-12-3-7-18(17(9-12)23(27)28)29-11-15-5-8-19(30-15)20(24)21-16-6-4-14(22(25)26)10-13(16)2/h3-10H,11H2,1-2H3,(H,21,24). The second-order valence-electron chi connectivity index (χ2n) is 6.49. The van der Waals surface area contributed by atoms with E-state index in [-0.39, 0.29) is 29.5 Å². The highest BCUT2D eigenvalue weighted by Gasteiger charge is 2.17. The Kier molecular flexibility index (Phi) is 5.77. The maximum Gasteiger partial charge on any atom is 0.311 e. The van der Waals surface area contributed by atoms with Crippen molar-refractivity contribution in [3.05, 3.63) is 91.4 Å². The number of aryl methyl sites for hydroxylation is 2. The van der Waals surface area contributed by atoms with Crippen LogP contribution in [0.25, 0.3) is 0 Å². The van der Waals surface area contributed by atoms with Crippen molar-refractivity contribution in [3.63, 3.8) is 0 Å². The van der Waals surface area contributed by atoms with Gasteiger partial charge in [-0.3, -0.25) is 25.0 Å². The number of nitrogens with one attached hydrogen (secondary N) is 1. The molecule has 0 atom stereocenters. The molecule has 0 saturated carbocycles. The van der Waals surface area contributed by atoms with Gasteiger partial charge >= 0.3 is 5.69 Å². The van der Waals surface area contributed by atoms with Crippen molar-refractivity contribution < 1.29 is 23.8 Å². The maximum absolute atomic E-state index is 12.4. The molecule has 2 aromatic carbocycles. The smallest absolute Gasteiger partial charge is 0.311 e. The van der Waals surface area contributed by atoms with E-state index < -0.39 is 15.8 Å². The summed E-state index contributed by atoms with van der Waals surface area (Å²) in [5, 5.41) is 24.6. The van der Waals surface area contributed by atoms with Gasteiger partial charge in [-0.2, -0.15) is 0 Å². The molecule has 0 aliphatic carbocycles. The molecule has 0 fully saturated rings. The lowest BCUT2D eigenvalue weighted by Gasteiger charge is -2.07. The lowest BCUT2D eigenvalue weighted by Crippen LogP contribution is -2.12. The first-order valence-electron chi connectivity index (χ1n) is 8.77. The molecule has 3 aromatic rings. The summed E-state index contributed by atoms with van der Waals surface area (Å²) in [6.07, 6.45) is 0. The molecule has 0 aliphatic rings. The fraction of sp³-hybridized carbons (Fsp3) is 0.150. The van der Waals surface area contributed by atoms with Crippen molar-refractivity contribution in [2.45, 2.75) is 20.5 Å². The minimum absolute atomic E-state index is 0.00441. The highest BCUT2D eigenvalue weighted by Crippen LogP contribution is 2.29. The molecule has 0 radical (unpaired) electrons. The number of benzene rings is 2. The van der Waals surface area contributed by atoms with Crippen molar-refractivity contribution >= 4 is 23.0 Å². The normalized spacial score (nSPS) is 10.5. The van der Waals surface area contributed by atoms with E-state index in [1.54, 1.807) is 19.9 Å². The summed E-state index contributed by atoms with van der Waals surface area (Å²) < 4.78 is 10.9. The molecule has 0 spiro atoms. The number of hydrogen-bond donors (Lipinski definition) is 1. The zero-order valence-electron chi connectivity index (χ0n) is 16.1. The lowest BCUT2D eigenvalue weighted by molar-refractivity contribution is -0.386. The van der Waals surface area contributed by atoms with Crippen molar-refractivity contribution in [3.8, 4) is 5.75 Å². The lowest BCUT2D eigenvalue weighted by atomic mass is 10.2. The quantitative estimate of drug-likeness (QED) is 0.445. The largest absolute Gasteiger partial charge is 0.479 e. The number of nitro groups is 2. The first-order valence-corrected chi connectivity index (χ1v) is 8.77. The molecule has 0 saturated heterocycles. The first kappa shape index (κ1) is 20.5. The van der Waals surface area contributed by atoms with Crippen LogP contribution in [0, 0.1) is 34.1 Å². The summed E-state index contributed by atoms with van der Waals surface area (Å²) >= 11 is 0. The second-order valence-corrected chi connectivity index (χ2v) is 6.49. The van der Waals surface area contributed by atoms with Crippen LogP contribution in [-0.2, 0) is 6.61 Å². The Bertz CT molecular complexity index is 1140. The van der Waals surface area contributed by atoms with E-state index in [1.165, 1.54) is 42.5 Å². The third kappa shape index (κ3) is 4.61. The van der Waals surface area contributed by atoms with Crippen LogP contribution in [0.3, 0.4) is 0 Å². The molecule has 3 rings (SSSR count). The van der Waals surface area contributed by atoms with Gasteiger partial charge in [0.2, 0.25) is 0 Å². The number of nitro benzene ring substituents is 2. The van der Waals surface area contributed by atoms with Crippen LogP contribution >= 0.6 is 0 Å². The van der Waals surface area contributed by atoms with Gasteiger partial charge in [0.15, 0.2) is 11.5 Å². The summed E-state index contributed by atoms with van der Waals surface area (Å²) in [6.45, 7) is 3.27. The maximum atomic E-state index is 12.4. The van der Waals surface area contributed by atoms with Crippen LogP contribution < -0.4 is 10.1 Å². The third-order valence-electron chi connectivity index (χ3n) is 4.24. The SMILES string of the molecule is Cc1ccc(OCc2ccc(C(=O)Nc3ccc([N+](=O)[O-])cc3C)o2)c([N+](=O)[O-])c1. The third-order valence-corrected chi connectivity index (χ3v) is 4.24. The number of carbonyl (C=O) groups is 1. The van der Waals surface area contributed by atoms with E-state index in [0.29, 0.717) is 17.0 Å². The predicted molar refractivity (Wildman–Crippen MR) is 107 cm³/mol. The first-order chi connectivity index (χ1) is 14.2. The fourth-order valence-electron chi connectivity index (χ4n) is 2.70. The van der Waals surface area contributed by atoms with E-state index in [9.17, 15) is 25.0 Å². The van der Waals surface area contributed by atoms with Gasteiger partial charge < -0.3 is 14.5 Å². The minimum atomic E-state index is -0.542. The number of non-ortho nitro benzene ring substituents is 1. The predicted octanol–water partition coefficient (Wildman–Crippen LogP) is 4.54. The average Bonchev–Trinajstić information content (AvgIpc) is 3.17. The van der Waals surface area contributed by atoms with Crippen LogP contribution in [-0.4, -0.2) is 15.8 Å². The van der Waals surface area contributed by atoms with Gasteiger partial charge in [0, 0.05) is 23.9 Å². The molecule has 1 amide bonds. The van der Waals surface area contributed by atoms with Gasteiger partial charge in [0.1, 0.15) is 12.4 Å². The van der Waals surface area contributed by atoms with E-state index in [2.05, 4.69) is 5.32 Å². The molecule has 30 heavy (non-hydrogen) atoms.